The molecule has 0 aromatic rings. The van der Waals surface area contributed by atoms with Gasteiger partial charge < -0.3 is 9.64 Å². The first kappa shape index (κ1) is 15.6. The van der Waals surface area contributed by atoms with Crippen LogP contribution in [0.4, 0.5) is 4.79 Å². The average molecular weight is 315 g/mol. The van der Waals surface area contributed by atoms with Gasteiger partial charge >= 0.3 is 6.09 Å². The van der Waals surface area contributed by atoms with Gasteiger partial charge in [0.1, 0.15) is 6.61 Å². The second kappa shape index (κ2) is 6.64. The van der Waals surface area contributed by atoms with E-state index in [-0.39, 0.29) is 24.9 Å². The van der Waals surface area contributed by atoms with E-state index in [0.717, 1.165) is 6.42 Å². The van der Waals surface area contributed by atoms with Gasteiger partial charge in [0.15, 0.2) is 5.78 Å². The molecule has 18 heavy (non-hydrogen) atoms. The molecule has 0 aromatic heterocycles. The Labute approximate surface area is 121 Å². The van der Waals surface area contributed by atoms with Crippen LogP contribution in [0.3, 0.4) is 0 Å². The van der Waals surface area contributed by atoms with Crippen molar-refractivity contribution in [3.63, 3.8) is 0 Å². The number of hydrogen-bond acceptors (Lipinski definition) is 3. The summed E-state index contributed by atoms with van der Waals surface area (Å²) in [5.74, 6) is -0.00136. The zero-order valence-corrected chi connectivity index (χ0v) is 12.1. The average Bonchev–Trinajstić information content (AvgIpc) is 2.48. The molecule has 0 saturated carbocycles. The molecule has 0 aliphatic heterocycles. The minimum Gasteiger partial charge on any atom is -0.445 e. The highest BCUT2D eigenvalue weighted by Crippen LogP contribution is 2.26. The van der Waals surface area contributed by atoms with Gasteiger partial charge in [-0.3, -0.25) is 4.79 Å². The Morgan fingerprint density at radius 3 is 2.83 bits per heavy atom. The van der Waals surface area contributed by atoms with E-state index in [2.05, 4.69) is 0 Å². The minimum atomic E-state index is -1.63. The summed E-state index contributed by atoms with van der Waals surface area (Å²) in [6.45, 7) is -0.320. The maximum atomic E-state index is 11.7. The molecule has 0 aromatic carbocycles. The van der Waals surface area contributed by atoms with Crippen molar-refractivity contribution >= 4 is 46.7 Å². The number of ether oxygens (including phenoxy) is 1. The lowest BCUT2D eigenvalue weighted by Crippen LogP contribution is -2.39. The third kappa shape index (κ3) is 5.46. The predicted octanol–water partition coefficient (Wildman–Crippen LogP) is 3.10. The zero-order chi connectivity index (χ0) is 13.8. The summed E-state index contributed by atoms with van der Waals surface area (Å²) in [5.41, 5.74) is 0. The fourth-order valence-electron chi connectivity index (χ4n) is 1.63. The Bertz CT molecular complexity index is 352. The van der Waals surface area contributed by atoms with Gasteiger partial charge in [0, 0.05) is 19.5 Å². The van der Waals surface area contributed by atoms with Crippen molar-refractivity contribution in [3.8, 4) is 0 Å². The van der Waals surface area contributed by atoms with Crippen LogP contribution in [0.25, 0.3) is 0 Å². The Kier molecular flexibility index (Phi) is 5.76. The van der Waals surface area contributed by atoms with Crippen LogP contribution >= 0.6 is 34.8 Å². The van der Waals surface area contributed by atoms with Gasteiger partial charge in [-0.15, -0.1) is 0 Å². The molecular formula is C11H14Cl3NO3. The monoisotopic (exact) mass is 313 g/mol. The molecule has 0 spiro atoms. The SMILES string of the molecule is CN(C(=O)OCC(Cl)(Cl)Cl)[C@@H]1CCC=CC(=O)C1. The number of halogens is 3. The third-order valence-corrected chi connectivity index (χ3v) is 2.93. The molecule has 1 atom stereocenters. The van der Waals surface area contributed by atoms with Crippen molar-refractivity contribution in [2.45, 2.75) is 29.1 Å². The van der Waals surface area contributed by atoms with Gasteiger partial charge in [-0.25, -0.2) is 4.79 Å². The number of alkyl halides is 3. The van der Waals surface area contributed by atoms with E-state index >= 15 is 0 Å². The number of carbonyl (C=O) groups excluding carboxylic acids is 2. The second-order valence-corrected chi connectivity index (χ2v) is 6.60. The van der Waals surface area contributed by atoms with Gasteiger partial charge in [-0.05, 0) is 18.9 Å². The number of nitrogens with zero attached hydrogens (tertiary/aromatic N) is 1. The molecule has 0 bridgehead atoms. The number of allylic oxidation sites excluding steroid dienone is 2. The topological polar surface area (TPSA) is 46.6 Å². The van der Waals surface area contributed by atoms with E-state index in [1.54, 1.807) is 13.1 Å². The Morgan fingerprint density at radius 2 is 2.22 bits per heavy atom. The number of carbonyl (C=O) groups is 2. The fourth-order valence-corrected chi connectivity index (χ4v) is 1.79. The first-order chi connectivity index (χ1) is 8.29. The molecule has 1 aliphatic rings. The highest BCUT2D eigenvalue weighted by atomic mass is 35.6. The number of ketones is 1. The van der Waals surface area contributed by atoms with Gasteiger partial charge in [0.05, 0.1) is 0 Å². The van der Waals surface area contributed by atoms with Crippen LogP contribution in [0, 0.1) is 0 Å². The summed E-state index contributed by atoms with van der Waals surface area (Å²) in [6.07, 6.45) is 4.50. The largest absolute Gasteiger partial charge is 0.445 e. The van der Waals surface area contributed by atoms with Crippen molar-refractivity contribution in [1.29, 1.82) is 0 Å². The molecule has 1 amide bonds. The van der Waals surface area contributed by atoms with Gasteiger partial charge in [-0.2, -0.15) is 0 Å². The van der Waals surface area contributed by atoms with Crippen LogP contribution < -0.4 is 0 Å². The van der Waals surface area contributed by atoms with Crippen molar-refractivity contribution in [3.05, 3.63) is 12.2 Å². The lowest BCUT2D eigenvalue weighted by molar-refractivity contribution is -0.115. The summed E-state index contributed by atoms with van der Waals surface area (Å²) in [5, 5.41) is 0. The van der Waals surface area contributed by atoms with Crippen LogP contribution in [0.5, 0.6) is 0 Å². The highest BCUT2D eigenvalue weighted by Gasteiger charge is 2.27. The molecule has 0 radical (unpaired) electrons. The normalized spacial score (nSPS) is 20.4. The van der Waals surface area contributed by atoms with E-state index in [0.29, 0.717) is 6.42 Å². The lowest BCUT2D eigenvalue weighted by Gasteiger charge is -2.26. The number of rotatable bonds is 2. The summed E-state index contributed by atoms with van der Waals surface area (Å²) in [6, 6.07) is -0.185. The van der Waals surface area contributed by atoms with Gasteiger partial charge in [-0.1, -0.05) is 40.9 Å². The highest BCUT2D eigenvalue weighted by molar-refractivity contribution is 6.67. The number of amides is 1. The molecule has 0 N–H and O–H groups in total. The molecule has 1 aliphatic carbocycles. The van der Waals surface area contributed by atoms with Crippen molar-refractivity contribution in [2.75, 3.05) is 13.7 Å². The van der Waals surface area contributed by atoms with Crippen molar-refractivity contribution in [2.24, 2.45) is 0 Å². The van der Waals surface area contributed by atoms with Gasteiger partial charge in [0.25, 0.3) is 0 Å². The van der Waals surface area contributed by atoms with E-state index < -0.39 is 9.89 Å². The van der Waals surface area contributed by atoms with E-state index in [1.807, 2.05) is 6.08 Å². The Hall–Kier alpha value is -0.450. The summed E-state index contributed by atoms with van der Waals surface area (Å²) >= 11 is 16.5. The standard InChI is InChI=1S/C11H14Cl3NO3/c1-15(10(17)18-7-11(12,13)14)8-4-2-3-5-9(16)6-8/h3,5,8H,2,4,6-7H2,1H3/t8-/m1/s1. The predicted molar refractivity (Wildman–Crippen MR) is 71.2 cm³/mol. The second-order valence-electron chi connectivity index (χ2n) is 4.08. The molecule has 4 nitrogen and oxygen atoms in total. The molecule has 102 valence electrons. The fraction of sp³-hybridized carbons (Fsp3) is 0.636. The van der Waals surface area contributed by atoms with Gasteiger partial charge in [0.2, 0.25) is 3.79 Å². The maximum Gasteiger partial charge on any atom is 0.409 e. The van der Waals surface area contributed by atoms with Crippen LogP contribution in [-0.4, -0.2) is 40.3 Å². The first-order valence-corrected chi connectivity index (χ1v) is 6.58. The van der Waals surface area contributed by atoms with Crippen LogP contribution in [0.15, 0.2) is 12.2 Å². The van der Waals surface area contributed by atoms with E-state index in [4.69, 9.17) is 39.5 Å². The zero-order valence-electron chi connectivity index (χ0n) is 9.87. The van der Waals surface area contributed by atoms with Crippen LogP contribution in [0.1, 0.15) is 19.3 Å². The molecule has 0 heterocycles. The van der Waals surface area contributed by atoms with E-state index in [9.17, 15) is 9.59 Å². The molecule has 0 saturated heterocycles. The Balaban J connectivity index is 2.50. The molecule has 7 heteroatoms. The smallest absolute Gasteiger partial charge is 0.409 e. The number of hydrogen-bond donors (Lipinski definition) is 0. The molecule has 0 unspecified atom stereocenters. The maximum absolute atomic E-state index is 11.7. The van der Waals surface area contributed by atoms with Crippen LogP contribution in [-0.2, 0) is 9.53 Å². The first-order valence-electron chi connectivity index (χ1n) is 5.45. The minimum absolute atomic E-state index is 0.00136. The van der Waals surface area contributed by atoms with Crippen molar-refractivity contribution < 1.29 is 14.3 Å². The summed E-state index contributed by atoms with van der Waals surface area (Å²) in [4.78, 5) is 24.5. The van der Waals surface area contributed by atoms with Crippen LogP contribution in [0.2, 0.25) is 0 Å². The van der Waals surface area contributed by atoms with Crippen molar-refractivity contribution in [1.82, 2.24) is 4.90 Å². The Morgan fingerprint density at radius 1 is 1.56 bits per heavy atom. The quantitative estimate of drug-likeness (QED) is 0.736. The third-order valence-electron chi connectivity index (χ3n) is 2.60. The lowest BCUT2D eigenvalue weighted by atomic mass is 10.1. The van der Waals surface area contributed by atoms with E-state index in [1.165, 1.54) is 4.90 Å². The molecule has 0 fully saturated rings. The summed E-state index contributed by atoms with van der Waals surface area (Å²) in [7, 11) is 1.57. The summed E-state index contributed by atoms with van der Waals surface area (Å²) < 4.78 is 3.23. The molecule has 1 rings (SSSR count). The molecular weight excluding hydrogens is 300 g/mol.